The molecule has 0 radical (unpaired) electrons. The topological polar surface area (TPSA) is 13.1 Å². The molecule has 0 aliphatic carbocycles. The van der Waals surface area contributed by atoms with Gasteiger partial charge in [-0.3, -0.25) is 0 Å². The van der Waals surface area contributed by atoms with Crippen LogP contribution < -0.4 is 0 Å². The lowest BCUT2D eigenvalue weighted by Gasteiger charge is -2.07. The molecule has 1 aromatic heterocycles. The third-order valence-corrected chi connectivity index (χ3v) is 3.60. The van der Waals surface area contributed by atoms with E-state index in [9.17, 15) is 0 Å². The number of alkyl halides is 1. The van der Waals surface area contributed by atoms with E-state index in [-0.39, 0.29) is 5.38 Å². The highest BCUT2D eigenvalue weighted by Crippen LogP contribution is 2.31. The van der Waals surface area contributed by atoms with Crippen LogP contribution in [0.5, 0.6) is 0 Å². The number of hydrogen-bond acceptors (Lipinski definition) is 1. The van der Waals surface area contributed by atoms with Gasteiger partial charge in [-0.15, -0.1) is 11.6 Å². The first kappa shape index (κ1) is 12.0. The smallest absolute Gasteiger partial charge is 0.173 e. The molecule has 84 valence electrons. The summed E-state index contributed by atoms with van der Waals surface area (Å²) in [4.78, 5) is 0. The predicted octanol–water partition coefficient (Wildman–Crippen LogP) is 5.22. The molecule has 1 atom stereocenters. The first-order chi connectivity index (χ1) is 7.66. The Morgan fingerprint density at radius 2 is 1.88 bits per heavy atom. The molecule has 2 rings (SSSR count). The van der Waals surface area contributed by atoms with Crippen molar-refractivity contribution in [2.45, 2.75) is 11.8 Å². The average molecular weight is 320 g/mol. The Balaban J connectivity index is 2.10. The van der Waals surface area contributed by atoms with E-state index in [1.54, 1.807) is 6.26 Å². The minimum Gasteiger partial charge on any atom is -0.457 e. The lowest BCUT2D eigenvalue weighted by atomic mass is 10.1. The van der Waals surface area contributed by atoms with Crippen LogP contribution in [0.15, 0.2) is 45.7 Å². The largest absolute Gasteiger partial charge is 0.457 e. The molecule has 0 amide bonds. The molecule has 4 heteroatoms. The molecule has 16 heavy (non-hydrogen) atoms. The highest BCUT2D eigenvalue weighted by molar-refractivity contribution is 9.10. The molecule has 1 nitrogen and oxygen atoms in total. The summed E-state index contributed by atoms with van der Waals surface area (Å²) in [5.74, 6) is 0. The van der Waals surface area contributed by atoms with Crippen LogP contribution in [0.1, 0.15) is 16.5 Å². The highest BCUT2D eigenvalue weighted by Gasteiger charge is 2.14. The van der Waals surface area contributed by atoms with Gasteiger partial charge in [0.2, 0.25) is 0 Å². The normalized spacial score (nSPS) is 12.7. The van der Waals surface area contributed by atoms with Gasteiger partial charge in [0.15, 0.2) is 4.67 Å². The van der Waals surface area contributed by atoms with Crippen molar-refractivity contribution in [2.75, 3.05) is 0 Å². The van der Waals surface area contributed by atoms with E-state index in [4.69, 9.17) is 27.6 Å². The molecule has 2 aromatic rings. The molecule has 0 spiro atoms. The summed E-state index contributed by atoms with van der Waals surface area (Å²) in [6, 6.07) is 9.56. The maximum absolute atomic E-state index is 6.30. The van der Waals surface area contributed by atoms with E-state index in [1.807, 2.05) is 30.3 Å². The molecule has 0 fully saturated rings. The number of furan rings is 1. The molecule has 0 saturated heterocycles. The zero-order valence-corrected chi connectivity index (χ0v) is 11.4. The number of halogens is 3. The maximum Gasteiger partial charge on any atom is 0.173 e. The lowest BCUT2D eigenvalue weighted by Crippen LogP contribution is -1.94. The summed E-state index contributed by atoms with van der Waals surface area (Å²) in [6.45, 7) is 0. The molecule has 0 saturated carbocycles. The van der Waals surface area contributed by atoms with E-state index in [0.29, 0.717) is 4.67 Å². The maximum atomic E-state index is 6.30. The van der Waals surface area contributed by atoms with Crippen LogP contribution in [-0.4, -0.2) is 0 Å². The molecular formula is C12H9BrCl2O. The average Bonchev–Trinajstić information content (AvgIpc) is 2.68. The fourth-order valence-electron chi connectivity index (χ4n) is 1.47. The van der Waals surface area contributed by atoms with E-state index in [2.05, 4.69) is 15.9 Å². The fourth-order valence-corrected chi connectivity index (χ4v) is 2.59. The SMILES string of the molecule is Clc1ccc(CC(Cl)c2ccoc2Br)cc1. The van der Waals surface area contributed by atoms with Crippen LogP contribution in [0.4, 0.5) is 0 Å². The van der Waals surface area contributed by atoms with Crippen LogP contribution in [0.25, 0.3) is 0 Å². The second-order valence-corrected chi connectivity index (χ2v) is 5.13. The van der Waals surface area contributed by atoms with E-state index in [1.165, 1.54) is 0 Å². The summed E-state index contributed by atoms with van der Waals surface area (Å²) in [7, 11) is 0. The Labute approximate surface area is 112 Å². The first-order valence-electron chi connectivity index (χ1n) is 4.78. The van der Waals surface area contributed by atoms with Crippen molar-refractivity contribution in [3.05, 3.63) is 57.4 Å². The summed E-state index contributed by atoms with van der Waals surface area (Å²) in [5, 5.41) is 0.633. The minimum absolute atomic E-state index is 0.102. The van der Waals surface area contributed by atoms with Gasteiger partial charge in [0.05, 0.1) is 11.6 Å². The van der Waals surface area contributed by atoms with Crippen LogP contribution in [0.2, 0.25) is 5.02 Å². The Morgan fingerprint density at radius 3 is 2.44 bits per heavy atom. The van der Waals surface area contributed by atoms with Crippen molar-refractivity contribution in [1.29, 1.82) is 0 Å². The molecule has 1 unspecified atom stereocenters. The first-order valence-corrected chi connectivity index (χ1v) is 6.39. The van der Waals surface area contributed by atoms with E-state index >= 15 is 0 Å². The summed E-state index contributed by atoms with van der Waals surface area (Å²) in [6.07, 6.45) is 2.37. The van der Waals surface area contributed by atoms with Crippen LogP contribution >= 0.6 is 39.1 Å². The minimum atomic E-state index is -0.102. The van der Waals surface area contributed by atoms with Gasteiger partial charge >= 0.3 is 0 Å². The molecule has 0 aliphatic heterocycles. The van der Waals surface area contributed by atoms with Gasteiger partial charge in [-0.05, 0) is 46.1 Å². The molecule has 0 N–H and O–H groups in total. The Bertz CT molecular complexity index is 464. The zero-order valence-electron chi connectivity index (χ0n) is 8.29. The van der Waals surface area contributed by atoms with Crippen LogP contribution in [0.3, 0.4) is 0 Å². The highest BCUT2D eigenvalue weighted by atomic mass is 79.9. The van der Waals surface area contributed by atoms with Gasteiger partial charge in [-0.25, -0.2) is 0 Å². The summed E-state index contributed by atoms with van der Waals surface area (Å²) < 4.78 is 5.85. The Morgan fingerprint density at radius 1 is 1.19 bits per heavy atom. The van der Waals surface area contributed by atoms with Crippen molar-refractivity contribution in [3.63, 3.8) is 0 Å². The number of benzene rings is 1. The Hall–Kier alpha value is -0.440. The van der Waals surface area contributed by atoms with Gasteiger partial charge in [-0.2, -0.15) is 0 Å². The fraction of sp³-hybridized carbons (Fsp3) is 0.167. The van der Waals surface area contributed by atoms with Crippen molar-refractivity contribution in [3.8, 4) is 0 Å². The van der Waals surface area contributed by atoms with Crippen LogP contribution in [-0.2, 0) is 6.42 Å². The number of rotatable bonds is 3. The molecule has 1 heterocycles. The van der Waals surface area contributed by atoms with Gasteiger partial charge in [0.1, 0.15) is 0 Å². The summed E-state index contributed by atoms with van der Waals surface area (Å²) in [5.41, 5.74) is 2.12. The second-order valence-electron chi connectivity index (χ2n) is 3.45. The molecular weight excluding hydrogens is 311 g/mol. The van der Waals surface area contributed by atoms with Crippen molar-refractivity contribution in [2.24, 2.45) is 0 Å². The molecule has 1 aromatic carbocycles. The van der Waals surface area contributed by atoms with Gasteiger partial charge in [-0.1, -0.05) is 23.7 Å². The van der Waals surface area contributed by atoms with Crippen molar-refractivity contribution < 1.29 is 4.42 Å². The zero-order chi connectivity index (χ0) is 11.5. The Kier molecular flexibility index (Phi) is 3.95. The third-order valence-electron chi connectivity index (χ3n) is 2.31. The van der Waals surface area contributed by atoms with Gasteiger partial charge in [0, 0.05) is 10.6 Å². The van der Waals surface area contributed by atoms with E-state index < -0.39 is 0 Å². The van der Waals surface area contributed by atoms with Crippen LogP contribution in [0, 0.1) is 0 Å². The number of hydrogen-bond donors (Lipinski definition) is 0. The van der Waals surface area contributed by atoms with Gasteiger partial charge in [0.25, 0.3) is 0 Å². The van der Waals surface area contributed by atoms with Crippen molar-refractivity contribution in [1.82, 2.24) is 0 Å². The predicted molar refractivity (Wildman–Crippen MR) is 70.2 cm³/mol. The van der Waals surface area contributed by atoms with E-state index in [0.717, 1.165) is 22.6 Å². The summed E-state index contributed by atoms with van der Waals surface area (Å²) >= 11 is 15.4. The quantitative estimate of drug-likeness (QED) is 0.707. The van der Waals surface area contributed by atoms with Gasteiger partial charge < -0.3 is 4.42 Å². The molecule has 0 bridgehead atoms. The second kappa shape index (κ2) is 5.26. The standard InChI is InChI=1S/C12H9BrCl2O/c13-12-10(5-6-16-12)11(15)7-8-1-3-9(14)4-2-8/h1-6,11H,7H2. The molecule has 0 aliphatic rings. The van der Waals surface area contributed by atoms with Crippen molar-refractivity contribution >= 4 is 39.1 Å². The lowest BCUT2D eigenvalue weighted by molar-refractivity contribution is 0.536. The third kappa shape index (κ3) is 2.82. The monoisotopic (exact) mass is 318 g/mol.